The topological polar surface area (TPSA) is 96.7 Å². The molecule has 1 fully saturated rings. The fourth-order valence-corrected chi connectivity index (χ4v) is 4.42. The molecule has 2 aliphatic heterocycles. The Kier molecular flexibility index (Phi) is 4.69. The number of anilines is 3. The van der Waals surface area contributed by atoms with E-state index in [1.165, 1.54) is 0 Å². The molecule has 0 radical (unpaired) electrons. The Morgan fingerprint density at radius 3 is 2.76 bits per heavy atom. The Hall–Kier alpha value is -3.98. The number of imidazole rings is 1. The van der Waals surface area contributed by atoms with Gasteiger partial charge in [-0.2, -0.15) is 0 Å². The first-order chi connectivity index (χ1) is 16.2. The van der Waals surface area contributed by atoms with Crippen molar-refractivity contribution in [3.63, 3.8) is 0 Å². The highest BCUT2D eigenvalue weighted by atomic mass is 16.5. The highest BCUT2D eigenvalue weighted by Gasteiger charge is 2.28. The molecule has 6 heterocycles. The Bertz CT molecular complexity index is 1360. The van der Waals surface area contributed by atoms with Gasteiger partial charge in [0.25, 0.3) is 5.91 Å². The number of fused-ring (bicyclic) bond motifs is 2. The Balaban J connectivity index is 1.33. The van der Waals surface area contributed by atoms with Crippen molar-refractivity contribution in [2.75, 3.05) is 36.5 Å². The van der Waals surface area contributed by atoms with Crippen molar-refractivity contribution >= 4 is 28.7 Å². The Morgan fingerprint density at radius 2 is 1.94 bits per heavy atom. The second-order valence-corrected chi connectivity index (χ2v) is 8.26. The lowest BCUT2D eigenvalue weighted by Gasteiger charge is -2.28. The summed E-state index contributed by atoms with van der Waals surface area (Å²) in [5.74, 6) is 0.541. The quantitative estimate of drug-likeness (QED) is 0.503. The number of hydrogen-bond donors (Lipinski definition) is 2. The number of ether oxygens (including phenoxy) is 1. The lowest BCUT2D eigenvalue weighted by Crippen LogP contribution is -2.36. The number of aryl methyl sites for hydroxylation is 1. The molecular formula is C24H23N7O2. The number of nitrogens with zero attached hydrogens (tertiary/aromatic N) is 5. The maximum Gasteiger partial charge on any atom is 0.254 e. The minimum Gasteiger partial charge on any atom is -0.378 e. The monoisotopic (exact) mass is 441 g/mol. The smallest absolute Gasteiger partial charge is 0.254 e. The van der Waals surface area contributed by atoms with Crippen molar-refractivity contribution in [2.45, 2.75) is 13.5 Å². The van der Waals surface area contributed by atoms with E-state index in [9.17, 15) is 4.79 Å². The van der Waals surface area contributed by atoms with Crippen LogP contribution in [0.5, 0.6) is 0 Å². The molecule has 4 aromatic rings. The summed E-state index contributed by atoms with van der Waals surface area (Å²) in [5.41, 5.74) is 6.76. The molecule has 0 aliphatic carbocycles. The summed E-state index contributed by atoms with van der Waals surface area (Å²) in [5, 5.41) is 6.22. The lowest BCUT2D eigenvalue weighted by molar-refractivity contribution is 0.0966. The molecular weight excluding hydrogens is 418 g/mol. The third-order valence-electron chi connectivity index (χ3n) is 6.13. The minimum absolute atomic E-state index is 0.120. The van der Waals surface area contributed by atoms with Gasteiger partial charge in [-0.25, -0.2) is 9.97 Å². The van der Waals surface area contributed by atoms with Crippen LogP contribution in [-0.4, -0.2) is 51.6 Å². The zero-order chi connectivity index (χ0) is 22.4. The van der Waals surface area contributed by atoms with Gasteiger partial charge in [-0.3, -0.25) is 14.2 Å². The van der Waals surface area contributed by atoms with Gasteiger partial charge < -0.3 is 20.3 Å². The second-order valence-electron chi connectivity index (χ2n) is 8.26. The number of rotatable bonds is 4. The van der Waals surface area contributed by atoms with Crippen LogP contribution in [0.2, 0.25) is 0 Å². The predicted molar refractivity (Wildman–Crippen MR) is 125 cm³/mol. The van der Waals surface area contributed by atoms with E-state index < -0.39 is 0 Å². The van der Waals surface area contributed by atoms with Gasteiger partial charge in [-0.15, -0.1) is 0 Å². The number of aromatic nitrogens is 4. The van der Waals surface area contributed by atoms with Gasteiger partial charge in [-0.1, -0.05) is 0 Å². The van der Waals surface area contributed by atoms with Crippen LogP contribution >= 0.6 is 0 Å². The number of hydrogen-bond acceptors (Lipinski definition) is 7. The number of carbonyl (C=O) groups is 1. The van der Waals surface area contributed by atoms with Crippen molar-refractivity contribution in [3.05, 3.63) is 65.7 Å². The number of morpholine rings is 1. The molecule has 0 bridgehead atoms. The van der Waals surface area contributed by atoms with Crippen molar-refractivity contribution in [1.29, 1.82) is 0 Å². The first kappa shape index (κ1) is 19.7. The molecule has 166 valence electrons. The lowest BCUT2D eigenvalue weighted by atomic mass is 10.1. The van der Waals surface area contributed by atoms with Crippen LogP contribution in [-0.2, 0) is 11.3 Å². The van der Waals surface area contributed by atoms with Crippen molar-refractivity contribution in [2.24, 2.45) is 0 Å². The largest absolute Gasteiger partial charge is 0.378 e. The highest BCUT2D eigenvalue weighted by Crippen LogP contribution is 2.33. The van der Waals surface area contributed by atoms with Crippen LogP contribution in [0, 0.1) is 6.92 Å². The molecule has 0 atom stereocenters. The van der Waals surface area contributed by atoms with E-state index in [1.54, 1.807) is 12.4 Å². The van der Waals surface area contributed by atoms with Crippen LogP contribution in [0.15, 0.2) is 49.1 Å². The first-order valence-corrected chi connectivity index (χ1v) is 11.0. The summed E-state index contributed by atoms with van der Waals surface area (Å²) in [6.07, 6.45) is 7.33. The third kappa shape index (κ3) is 3.46. The molecule has 0 unspecified atom stereocenters. The number of pyridine rings is 3. The second kappa shape index (κ2) is 7.86. The molecule has 9 nitrogen and oxygen atoms in total. The van der Waals surface area contributed by atoms with Gasteiger partial charge in [0.2, 0.25) is 0 Å². The van der Waals surface area contributed by atoms with E-state index in [2.05, 4.69) is 25.5 Å². The van der Waals surface area contributed by atoms with Crippen molar-refractivity contribution in [3.8, 4) is 11.4 Å². The summed E-state index contributed by atoms with van der Waals surface area (Å²) in [6, 6.07) is 8.01. The molecule has 4 aromatic heterocycles. The van der Waals surface area contributed by atoms with Gasteiger partial charge >= 0.3 is 0 Å². The molecule has 6 rings (SSSR count). The molecule has 0 saturated carbocycles. The Labute approximate surface area is 190 Å². The zero-order valence-corrected chi connectivity index (χ0v) is 18.2. The van der Waals surface area contributed by atoms with E-state index in [0.29, 0.717) is 23.6 Å². The van der Waals surface area contributed by atoms with E-state index >= 15 is 0 Å². The molecule has 0 spiro atoms. The molecule has 9 heteroatoms. The molecule has 2 aliphatic rings. The van der Waals surface area contributed by atoms with Crippen LogP contribution in [0.1, 0.15) is 21.5 Å². The van der Waals surface area contributed by atoms with Crippen molar-refractivity contribution in [1.82, 2.24) is 24.7 Å². The average molecular weight is 441 g/mol. The molecule has 1 saturated heterocycles. The fraction of sp³-hybridized carbons (Fsp3) is 0.250. The third-order valence-corrected chi connectivity index (χ3v) is 6.13. The molecule has 1 amide bonds. The van der Waals surface area contributed by atoms with E-state index in [-0.39, 0.29) is 5.91 Å². The maximum atomic E-state index is 12.7. The zero-order valence-electron chi connectivity index (χ0n) is 18.2. The van der Waals surface area contributed by atoms with Crippen LogP contribution < -0.4 is 15.5 Å². The molecule has 0 aromatic carbocycles. The van der Waals surface area contributed by atoms with Gasteiger partial charge in [0, 0.05) is 31.4 Å². The van der Waals surface area contributed by atoms with Crippen LogP contribution in [0.25, 0.3) is 17.0 Å². The minimum atomic E-state index is -0.120. The molecule has 2 N–H and O–H groups in total. The van der Waals surface area contributed by atoms with E-state index in [1.807, 2.05) is 48.0 Å². The van der Waals surface area contributed by atoms with E-state index in [4.69, 9.17) is 9.72 Å². The summed E-state index contributed by atoms with van der Waals surface area (Å²) in [6.45, 7) is 5.63. The summed E-state index contributed by atoms with van der Waals surface area (Å²) < 4.78 is 7.41. The van der Waals surface area contributed by atoms with Gasteiger partial charge in [-0.05, 0) is 36.8 Å². The van der Waals surface area contributed by atoms with Crippen LogP contribution in [0.3, 0.4) is 0 Å². The number of carbonyl (C=O) groups excluding carboxylic acids is 1. The summed E-state index contributed by atoms with van der Waals surface area (Å²) >= 11 is 0. The standard InChI is InChI=1S/C24H23N7O2/c1-15-4-5-31-19(14-26-21(31)10-15)23-17-12-28-24(32)22(17)18(13-27-23)29-20-3-2-16(11-25-20)30-6-8-33-9-7-30/h2-5,10-11,13-14H,6-9,12H2,1H3,(H,25,29)(H,28,32). The van der Waals surface area contributed by atoms with Crippen LogP contribution in [0.4, 0.5) is 17.2 Å². The summed E-state index contributed by atoms with van der Waals surface area (Å²) in [4.78, 5) is 28.8. The van der Waals surface area contributed by atoms with E-state index in [0.717, 1.165) is 60.2 Å². The van der Waals surface area contributed by atoms with Crippen molar-refractivity contribution < 1.29 is 9.53 Å². The predicted octanol–water partition coefficient (Wildman–Crippen LogP) is 2.92. The number of nitrogens with one attached hydrogen (secondary N) is 2. The SMILES string of the molecule is Cc1ccn2c(-c3ncc(Nc4ccc(N5CCOCC5)cn4)c4c3CNC4=O)cnc2c1. The maximum absolute atomic E-state index is 12.7. The first-order valence-electron chi connectivity index (χ1n) is 11.0. The van der Waals surface area contributed by atoms with Gasteiger partial charge in [0.1, 0.15) is 11.5 Å². The average Bonchev–Trinajstić information content (AvgIpc) is 3.44. The van der Waals surface area contributed by atoms with Gasteiger partial charge in [0.15, 0.2) is 0 Å². The van der Waals surface area contributed by atoms with Gasteiger partial charge in [0.05, 0.1) is 60.1 Å². The normalized spacial score (nSPS) is 15.5. The fourth-order valence-electron chi connectivity index (χ4n) is 4.42. The number of amides is 1. The summed E-state index contributed by atoms with van der Waals surface area (Å²) in [7, 11) is 0. The molecule has 33 heavy (non-hydrogen) atoms. The Morgan fingerprint density at radius 1 is 1.06 bits per heavy atom. The highest BCUT2D eigenvalue weighted by molar-refractivity contribution is 6.05.